The van der Waals surface area contributed by atoms with Gasteiger partial charge in [0.25, 0.3) is 0 Å². The van der Waals surface area contributed by atoms with E-state index in [1.807, 2.05) is 18.2 Å². The van der Waals surface area contributed by atoms with E-state index in [-0.39, 0.29) is 5.91 Å². The van der Waals surface area contributed by atoms with Gasteiger partial charge in [-0.2, -0.15) is 0 Å². The van der Waals surface area contributed by atoms with Gasteiger partial charge in [0.1, 0.15) is 5.76 Å². The van der Waals surface area contributed by atoms with Crippen molar-refractivity contribution in [3.8, 4) is 0 Å². The minimum Gasteiger partial charge on any atom is -0.465 e. The standard InChI is InChI=1S/C11H11NO2/c1-8(13)12-10-6-7-14-11-5-3-2-4-9(10)11/h2-3,5-7H,4H2,1H3,(H,12,13). The van der Waals surface area contributed by atoms with Crippen LogP contribution in [0.5, 0.6) is 0 Å². The predicted molar refractivity (Wildman–Crippen MR) is 52.9 cm³/mol. The van der Waals surface area contributed by atoms with Crippen LogP contribution < -0.4 is 5.32 Å². The van der Waals surface area contributed by atoms with Crippen LogP contribution in [0.1, 0.15) is 13.3 Å². The lowest BCUT2D eigenvalue weighted by Crippen LogP contribution is -2.22. The Morgan fingerprint density at radius 3 is 3.21 bits per heavy atom. The Bertz CT molecular complexity index is 386. The first-order chi connectivity index (χ1) is 6.77. The van der Waals surface area contributed by atoms with Crippen LogP contribution in [-0.2, 0) is 9.53 Å². The van der Waals surface area contributed by atoms with E-state index < -0.39 is 0 Å². The Labute approximate surface area is 82.4 Å². The van der Waals surface area contributed by atoms with Crippen molar-refractivity contribution >= 4 is 5.91 Å². The monoisotopic (exact) mass is 189 g/mol. The number of rotatable bonds is 1. The van der Waals surface area contributed by atoms with Gasteiger partial charge in [-0.3, -0.25) is 4.79 Å². The third-order valence-corrected chi connectivity index (χ3v) is 2.07. The molecular weight excluding hydrogens is 178 g/mol. The van der Waals surface area contributed by atoms with Crippen LogP contribution in [0, 0.1) is 0 Å². The Morgan fingerprint density at radius 1 is 1.57 bits per heavy atom. The lowest BCUT2D eigenvalue weighted by atomic mass is 10.0. The first kappa shape index (κ1) is 8.81. The summed E-state index contributed by atoms with van der Waals surface area (Å²) in [6.45, 7) is 1.50. The summed E-state index contributed by atoms with van der Waals surface area (Å²) in [5, 5.41) is 2.78. The van der Waals surface area contributed by atoms with E-state index >= 15 is 0 Å². The molecule has 1 heterocycles. The third kappa shape index (κ3) is 1.62. The van der Waals surface area contributed by atoms with Crippen molar-refractivity contribution in [2.75, 3.05) is 0 Å². The van der Waals surface area contributed by atoms with E-state index in [1.54, 1.807) is 12.3 Å². The Hall–Kier alpha value is -1.77. The van der Waals surface area contributed by atoms with Crippen molar-refractivity contribution in [1.29, 1.82) is 0 Å². The molecule has 0 atom stereocenters. The molecule has 0 saturated carbocycles. The molecule has 0 fully saturated rings. The van der Waals surface area contributed by atoms with Gasteiger partial charge < -0.3 is 10.1 Å². The van der Waals surface area contributed by atoms with E-state index in [2.05, 4.69) is 5.32 Å². The molecular formula is C11H11NO2. The zero-order valence-electron chi connectivity index (χ0n) is 7.91. The van der Waals surface area contributed by atoms with Crippen molar-refractivity contribution < 1.29 is 9.53 Å². The summed E-state index contributed by atoms with van der Waals surface area (Å²) in [5.74, 6) is 0.756. The fraction of sp³-hybridized carbons (Fsp3) is 0.182. The second kappa shape index (κ2) is 3.54. The molecule has 2 rings (SSSR count). The van der Waals surface area contributed by atoms with Gasteiger partial charge in [-0.25, -0.2) is 0 Å². The van der Waals surface area contributed by atoms with Crippen molar-refractivity contribution in [3.05, 3.63) is 47.6 Å². The SMILES string of the molecule is CC(=O)NC1=C2CC=CC=C2OC=C1. The maximum absolute atomic E-state index is 10.9. The highest BCUT2D eigenvalue weighted by atomic mass is 16.5. The molecule has 1 aliphatic carbocycles. The number of carbonyl (C=O) groups is 1. The van der Waals surface area contributed by atoms with Crippen LogP contribution >= 0.6 is 0 Å². The summed E-state index contributed by atoms with van der Waals surface area (Å²) < 4.78 is 5.31. The van der Waals surface area contributed by atoms with E-state index in [0.29, 0.717) is 0 Å². The molecule has 14 heavy (non-hydrogen) atoms. The van der Waals surface area contributed by atoms with Crippen LogP contribution in [0.4, 0.5) is 0 Å². The molecule has 1 amide bonds. The molecule has 2 aliphatic rings. The minimum atomic E-state index is -0.0621. The average molecular weight is 189 g/mol. The van der Waals surface area contributed by atoms with Crippen LogP contribution in [0.3, 0.4) is 0 Å². The fourth-order valence-corrected chi connectivity index (χ4v) is 1.48. The molecule has 3 heteroatoms. The lowest BCUT2D eigenvalue weighted by molar-refractivity contribution is -0.118. The highest BCUT2D eigenvalue weighted by Gasteiger charge is 2.16. The van der Waals surface area contributed by atoms with Crippen LogP contribution in [0.25, 0.3) is 0 Å². The fourth-order valence-electron chi connectivity index (χ4n) is 1.48. The lowest BCUT2D eigenvalue weighted by Gasteiger charge is -2.20. The summed E-state index contributed by atoms with van der Waals surface area (Å²) in [6.07, 6.45) is 10.0. The summed E-state index contributed by atoms with van der Waals surface area (Å²) in [6, 6.07) is 0. The number of nitrogens with one attached hydrogen (secondary N) is 1. The molecule has 0 aromatic rings. The second-order valence-electron chi connectivity index (χ2n) is 3.16. The minimum absolute atomic E-state index is 0.0621. The van der Waals surface area contributed by atoms with Crippen molar-refractivity contribution in [3.63, 3.8) is 0 Å². The van der Waals surface area contributed by atoms with Crippen molar-refractivity contribution in [2.45, 2.75) is 13.3 Å². The Kier molecular flexibility index (Phi) is 2.23. The molecule has 0 unspecified atom stereocenters. The van der Waals surface area contributed by atoms with Gasteiger partial charge in [-0.15, -0.1) is 0 Å². The average Bonchev–Trinajstić information content (AvgIpc) is 2.18. The van der Waals surface area contributed by atoms with Gasteiger partial charge in [-0.1, -0.05) is 12.2 Å². The number of hydrogen-bond acceptors (Lipinski definition) is 2. The van der Waals surface area contributed by atoms with Gasteiger partial charge in [-0.05, 0) is 18.6 Å². The molecule has 1 aliphatic heterocycles. The molecule has 0 saturated heterocycles. The summed E-state index contributed by atoms with van der Waals surface area (Å²) in [7, 11) is 0. The zero-order valence-corrected chi connectivity index (χ0v) is 7.91. The molecule has 0 spiro atoms. The summed E-state index contributed by atoms with van der Waals surface area (Å²) >= 11 is 0. The smallest absolute Gasteiger partial charge is 0.221 e. The van der Waals surface area contributed by atoms with Crippen LogP contribution in [-0.4, -0.2) is 5.91 Å². The van der Waals surface area contributed by atoms with E-state index in [1.165, 1.54) is 6.92 Å². The van der Waals surface area contributed by atoms with E-state index in [0.717, 1.165) is 23.5 Å². The normalized spacial score (nSPS) is 18.5. The maximum atomic E-state index is 10.9. The number of allylic oxidation sites excluding steroid dienone is 5. The van der Waals surface area contributed by atoms with Gasteiger partial charge >= 0.3 is 0 Å². The molecule has 0 radical (unpaired) electrons. The number of fused-ring (bicyclic) bond motifs is 1. The van der Waals surface area contributed by atoms with Gasteiger partial charge in [0.05, 0.1) is 12.0 Å². The highest BCUT2D eigenvalue weighted by Crippen LogP contribution is 2.27. The topological polar surface area (TPSA) is 38.3 Å². The first-order valence-electron chi connectivity index (χ1n) is 4.48. The van der Waals surface area contributed by atoms with E-state index in [9.17, 15) is 4.79 Å². The first-order valence-corrected chi connectivity index (χ1v) is 4.48. The molecule has 0 aromatic carbocycles. The quantitative estimate of drug-likeness (QED) is 0.682. The Balaban J connectivity index is 2.33. The zero-order chi connectivity index (χ0) is 9.97. The van der Waals surface area contributed by atoms with Crippen molar-refractivity contribution in [1.82, 2.24) is 5.32 Å². The number of ether oxygens (including phenoxy) is 1. The molecule has 72 valence electrons. The van der Waals surface area contributed by atoms with Crippen LogP contribution in [0.2, 0.25) is 0 Å². The van der Waals surface area contributed by atoms with Gasteiger partial charge in [0.2, 0.25) is 5.91 Å². The van der Waals surface area contributed by atoms with E-state index in [4.69, 9.17) is 4.74 Å². The number of carbonyl (C=O) groups excluding carboxylic acids is 1. The third-order valence-electron chi connectivity index (χ3n) is 2.07. The number of amides is 1. The molecule has 1 N–H and O–H groups in total. The van der Waals surface area contributed by atoms with Gasteiger partial charge in [0, 0.05) is 12.5 Å². The molecule has 0 bridgehead atoms. The molecule has 3 nitrogen and oxygen atoms in total. The Morgan fingerprint density at radius 2 is 2.43 bits per heavy atom. The second-order valence-corrected chi connectivity index (χ2v) is 3.16. The van der Waals surface area contributed by atoms with Crippen molar-refractivity contribution in [2.24, 2.45) is 0 Å². The molecule has 0 aromatic heterocycles. The summed E-state index contributed by atoms with van der Waals surface area (Å²) in [4.78, 5) is 10.9. The summed E-state index contributed by atoms with van der Waals surface area (Å²) in [5.41, 5.74) is 1.87. The predicted octanol–water partition coefficient (Wildman–Crippen LogP) is 1.76. The largest absolute Gasteiger partial charge is 0.465 e. The van der Waals surface area contributed by atoms with Gasteiger partial charge in [0.15, 0.2) is 0 Å². The maximum Gasteiger partial charge on any atom is 0.221 e. The highest BCUT2D eigenvalue weighted by molar-refractivity contribution is 5.76. The van der Waals surface area contributed by atoms with Crippen LogP contribution in [0.15, 0.2) is 47.6 Å². The number of hydrogen-bond donors (Lipinski definition) is 1.